The van der Waals surface area contributed by atoms with Gasteiger partial charge >= 0.3 is 0 Å². The maximum atomic E-state index is 10.1. The molecule has 0 rings (SSSR count). The molecule has 0 aromatic heterocycles. The fourth-order valence-electron chi connectivity index (χ4n) is 1.09. The minimum atomic E-state index is 0.439. The van der Waals surface area contributed by atoms with Crippen molar-refractivity contribution in [1.82, 2.24) is 9.91 Å². The van der Waals surface area contributed by atoms with Gasteiger partial charge in [0.25, 0.3) is 0 Å². The zero-order valence-corrected chi connectivity index (χ0v) is 9.56. The van der Waals surface area contributed by atoms with Gasteiger partial charge in [-0.05, 0) is 20.4 Å². The predicted octanol–water partition coefficient (Wildman–Crippen LogP) is 0.956. The standard InChI is InChI=1S/C9H21N3O2/c1-9(5-6-12(3)10-13)11(2)7-8-14-4/h9H,5-8H2,1-4H3. The highest BCUT2D eigenvalue weighted by atomic mass is 16.5. The molecule has 0 N–H and O–H groups in total. The SMILES string of the molecule is COCCN(C)C(C)CCN(C)N=O. The lowest BCUT2D eigenvalue weighted by Gasteiger charge is -2.25. The Morgan fingerprint density at radius 2 is 2.00 bits per heavy atom. The van der Waals surface area contributed by atoms with Crippen molar-refractivity contribution >= 4 is 0 Å². The molecule has 0 aliphatic rings. The third-order valence-electron chi connectivity index (χ3n) is 2.41. The molecule has 0 aliphatic heterocycles. The molecule has 0 bridgehead atoms. The van der Waals surface area contributed by atoms with Gasteiger partial charge in [-0.25, -0.2) is 0 Å². The maximum absolute atomic E-state index is 10.1. The van der Waals surface area contributed by atoms with Crippen LogP contribution in [-0.4, -0.2) is 56.9 Å². The summed E-state index contributed by atoms with van der Waals surface area (Å²) < 4.78 is 4.99. The van der Waals surface area contributed by atoms with E-state index < -0.39 is 0 Å². The van der Waals surface area contributed by atoms with Crippen molar-refractivity contribution < 1.29 is 4.74 Å². The van der Waals surface area contributed by atoms with Gasteiger partial charge in [0.15, 0.2) is 0 Å². The highest BCUT2D eigenvalue weighted by Crippen LogP contribution is 2.01. The van der Waals surface area contributed by atoms with Gasteiger partial charge in [0, 0.05) is 33.3 Å². The number of nitroso groups, excluding NO2 is 1. The molecule has 1 unspecified atom stereocenters. The van der Waals surface area contributed by atoms with Crippen LogP contribution >= 0.6 is 0 Å². The average Bonchev–Trinajstić information content (AvgIpc) is 2.21. The first-order valence-corrected chi connectivity index (χ1v) is 4.85. The summed E-state index contributed by atoms with van der Waals surface area (Å²) in [6.07, 6.45) is 0.933. The van der Waals surface area contributed by atoms with E-state index >= 15 is 0 Å². The number of hydrogen-bond donors (Lipinski definition) is 0. The first-order valence-electron chi connectivity index (χ1n) is 4.85. The van der Waals surface area contributed by atoms with E-state index in [-0.39, 0.29) is 0 Å². The van der Waals surface area contributed by atoms with Crippen molar-refractivity contribution in [2.75, 3.05) is 40.9 Å². The zero-order valence-electron chi connectivity index (χ0n) is 9.56. The van der Waals surface area contributed by atoms with E-state index in [0.29, 0.717) is 12.6 Å². The summed E-state index contributed by atoms with van der Waals surface area (Å²) in [6.45, 7) is 4.48. The number of nitrogens with zero attached hydrogens (tertiary/aromatic N) is 3. The highest BCUT2D eigenvalue weighted by molar-refractivity contribution is 4.64. The normalized spacial score (nSPS) is 12.9. The Labute approximate surface area is 86.0 Å². The van der Waals surface area contributed by atoms with E-state index in [1.54, 1.807) is 14.2 Å². The molecule has 0 saturated heterocycles. The second-order valence-corrected chi connectivity index (χ2v) is 3.57. The van der Waals surface area contributed by atoms with E-state index in [4.69, 9.17) is 4.74 Å². The molecule has 0 aliphatic carbocycles. The van der Waals surface area contributed by atoms with Gasteiger partial charge in [0.05, 0.1) is 11.9 Å². The van der Waals surface area contributed by atoms with Gasteiger partial charge in [0.1, 0.15) is 0 Å². The van der Waals surface area contributed by atoms with Crippen LogP contribution in [0.15, 0.2) is 5.29 Å². The summed E-state index contributed by atoms with van der Waals surface area (Å²) >= 11 is 0. The smallest absolute Gasteiger partial charge is 0.0589 e. The molecule has 0 radical (unpaired) electrons. The van der Waals surface area contributed by atoms with Crippen LogP contribution in [0, 0.1) is 4.91 Å². The van der Waals surface area contributed by atoms with Gasteiger partial charge in [0.2, 0.25) is 0 Å². The van der Waals surface area contributed by atoms with Crippen molar-refractivity contribution in [3.05, 3.63) is 4.91 Å². The second kappa shape index (κ2) is 7.70. The second-order valence-electron chi connectivity index (χ2n) is 3.57. The van der Waals surface area contributed by atoms with Crippen molar-refractivity contribution in [2.45, 2.75) is 19.4 Å². The van der Waals surface area contributed by atoms with E-state index in [2.05, 4.69) is 24.2 Å². The Kier molecular flexibility index (Phi) is 7.32. The van der Waals surface area contributed by atoms with E-state index in [1.165, 1.54) is 5.01 Å². The number of ether oxygens (including phenoxy) is 1. The largest absolute Gasteiger partial charge is 0.383 e. The van der Waals surface area contributed by atoms with Crippen LogP contribution < -0.4 is 0 Å². The Morgan fingerprint density at radius 1 is 1.36 bits per heavy atom. The predicted molar refractivity (Wildman–Crippen MR) is 57.0 cm³/mol. The molecular formula is C9H21N3O2. The lowest BCUT2D eigenvalue weighted by molar-refractivity contribution is 0.136. The number of rotatable bonds is 8. The van der Waals surface area contributed by atoms with Crippen molar-refractivity contribution in [3.8, 4) is 0 Å². The van der Waals surface area contributed by atoms with E-state index in [9.17, 15) is 4.91 Å². The molecule has 0 fully saturated rings. The molecule has 0 aromatic rings. The lowest BCUT2D eigenvalue weighted by Crippen LogP contribution is -2.34. The van der Waals surface area contributed by atoms with Crippen LogP contribution in [0.25, 0.3) is 0 Å². The molecule has 0 spiro atoms. The summed E-state index contributed by atoms with van der Waals surface area (Å²) in [5, 5.41) is 4.24. The molecule has 5 heteroatoms. The molecule has 14 heavy (non-hydrogen) atoms. The summed E-state index contributed by atoms with van der Waals surface area (Å²) in [6, 6.07) is 0.439. The van der Waals surface area contributed by atoms with Gasteiger partial charge in [-0.15, -0.1) is 4.91 Å². The Hall–Kier alpha value is -0.680. The fourth-order valence-corrected chi connectivity index (χ4v) is 1.09. The van der Waals surface area contributed by atoms with Crippen LogP contribution in [0.3, 0.4) is 0 Å². The van der Waals surface area contributed by atoms with Gasteiger partial charge < -0.3 is 9.64 Å². The topological polar surface area (TPSA) is 45.1 Å². The molecular weight excluding hydrogens is 182 g/mol. The molecule has 84 valence electrons. The van der Waals surface area contributed by atoms with Gasteiger partial charge in [-0.3, -0.25) is 5.01 Å². The van der Waals surface area contributed by atoms with Crippen molar-refractivity contribution in [1.29, 1.82) is 0 Å². The quantitative estimate of drug-likeness (QED) is 0.435. The van der Waals surface area contributed by atoms with Crippen LogP contribution in [0.5, 0.6) is 0 Å². The van der Waals surface area contributed by atoms with Crippen LogP contribution in [0.2, 0.25) is 0 Å². The van der Waals surface area contributed by atoms with Gasteiger partial charge in [-0.2, -0.15) is 0 Å². The highest BCUT2D eigenvalue weighted by Gasteiger charge is 2.09. The molecule has 5 nitrogen and oxygen atoms in total. The monoisotopic (exact) mass is 203 g/mol. The minimum Gasteiger partial charge on any atom is -0.383 e. The molecule has 0 saturated carbocycles. The van der Waals surface area contributed by atoms with Crippen LogP contribution in [-0.2, 0) is 4.74 Å². The van der Waals surface area contributed by atoms with Crippen molar-refractivity contribution in [3.63, 3.8) is 0 Å². The number of likely N-dealkylation sites (N-methyl/N-ethyl adjacent to an activating group) is 1. The summed E-state index contributed by atoms with van der Waals surface area (Å²) in [5.41, 5.74) is 0. The third-order valence-corrected chi connectivity index (χ3v) is 2.41. The van der Waals surface area contributed by atoms with Crippen LogP contribution in [0.1, 0.15) is 13.3 Å². The minimum absolute atomic E-state index is 0.439. The fraction of sp³-hybridized carbons (Fsp3) is 1.00. The Morgan fingerprint density at radius 3 is 2.50 bits per heavy atom. The van der Waals surface area contributed by atoms with Gasteiger partial charge in [-0.1, -0.05) is 0 Å². The van der Waals surface area contributed by atoms with Crippen molar-refractivity contribution in [2.24, 2.45) is 5.29 Å². The average molecular weight is 203 g/mol. The Balaban J connectivity index is 3.60. The maximum Gasteiger partial charge on any atom is 0.0589 e. The Bertz CT molecular complexity index is 155. The summed E-state index contributed by atoms with van der Waals surface area (Å²) in [4.78, 5) is 12.3. The summed E-state index contributed by atoms with van der Waals surface area (Å²) in [7, 11) is 5.44. The molecule has 0 heterocycles. The zero-order chi connectivity index (χ0) is 11.0. The molecule has 0 aromatic carbocycles. The molecule has 1 atom stereocenters. The molecule has 0 amide bonds. The number of hydrogen-bond acceptors (Lipinski definition) is 4. The van der Waals surface area contributed by atoms with Crippen LogP contribution in [0.4, 0.5) is 0 Å². The van der Waals surface area contributed by atoms with E-state index in [0.717, 1.165) is 19.6 Å². The van der Waals surface area contributed by atoms with E-state index in [1.807, 2.05) is 0 Å². The lowest BCUT2D eigenvalue weighted by atomic mass is 10.2. The number of methoxy groups -OCH3 is 1. The third kappa shape index (κ3) is 5.88. The summed E-state index contributed by atoms with van der Waals surface area (Å²) in [5.74, 6) is 0. The first kappa shape index (κ1) is 13.3. The first-order chi connectivity index (χ1) is 6.61.